The number of likely N-dealkylation sites (tertiary alicyclic amines) is 1. The maximum absolute atomic E-state index is 12.6. The number of hydrogen-bond donors (Lipinski definition) is 1. The predicted molar refractivity (Wildman–Crippen MR) is 121 cm³/mol. The first-order valence-electron chi connectivity index (χ1n) is 10.2. The van der Waals surface area contributed by atoms with Crippen LogP contribution >= 0.6 is 11.3 Å². The second kappa shape index (κ2) is 8.89. The van der Waals surface area contributed by atoms with Crippen LogP contribution in [0.25, 0.3) is 6.08 Å². The van der Waals surface area contributed by atoms with E-state index >= 15 is 0 Å². The van der Waals surface area contributed by atoms with Crippen molar-refractivity contribution >= 4 is 35.1 Å². The van der Waals surface area contributed by atoms with Crippen LogP contribution in [0.2, 0.25) is 0 Å². The quantitative estimate of drug-likeness (QED) is 0.610. The largest absolute Gasteiger partial charge is 0.338 e. The molecular weight excluding hydrogens is 410 g/mol. The summed E-state index contributed by atoms with van der Waals surface area (Å²) in [6, 6.07) is 3.86. The lowest BCUT2D eigenvalue weighted by molar-refractivity contribution is -0.124. The molecule has 1 saturated heterocycles. The van der Waals surface area contributed by atoms with Crippen molar-refractivity contribution in [3.63, 3.8) is 0 Å². The molecule has 0 aliphatic carbocycles. The molecule has 3 aromatic heterocycles. The molecule has 1 aliphatic heterocycles. The van der Waals surface area contributed by atoms with Gasteiger partial charge in [-0.15, -0.1) is 11.3 Å². The second-order valence-electron chi connectivity index (χ2n) is 7.72. The van der Waals surface area contributed by atoms with Crippen molar-refractivity contribution in [1.82, 2.24) is 29.8 Å². The zero-order valence-electron chi connectivity index (χ0n) is 18.1. The molecule has 160 valence electrons. The number of carbonyl (C=O) groups is 1. The van der Waals surface area contributed by atoms with E-state index in [0.717, 1.165) is 34.2 Å². The summed E-state index contributed by atoms with van der Waals surface area (Å²) in [6.07, 6.45) is 4.25. The van der Waals surface area contributed by atoms with E-state index in [-0.39, 0.29) is 11.8 Å². The van der Waals surface area contributed by atoms with Gasteiger partial charge in [0.25, 0.3) is 0 Å². The Hall–Kier alpha value is -3.20. The fraction of sp³-hybridized carbons (Fsp3) is 0.364. The van der Waals surface area contributed by atoms with Crippen molar-refractivity contribution in [3.05, 3.63) is 57.2 Å². The van der Waals surface area contributed by atoms with Crippen molar-refractivity contribution in [2.75, 3.05) is 18.4 Å². The highest BCUT2D eigenvalue weighted by molar-refractivity contribution is 7.09. The fourth-order valence-electron chi connectivity index (χ4n) is 3.68. The number of anilines is 2. The number of carbonyl (C=O) groups excluding carboxylic acids is 1. The molecule has 9 heteroatoms. The van der Waals surface area contributed by atoms with Crippen LogP contribution in [0.4, 0.5) is 11.8 Å². The number of nitrogens with one attached hydrogen (secondary N) is 1. The van der Waals surface area contributed by atoms with Crippen LogP contribution < -0.4 is 5.32 Å². The summed E-state index contributed by atoms with van der Waals surface area (Å²) in [7, 11) is 0. The lowest BCUT2D eigenvalue weighted by atomic mass is 10.0. The van der Waals surface area contributed by atoms with Gasteiger partial charge in [-0.3, -0.25) is 4.79 Å². The maximum Gasteiger partial charge on any atom is 0.246 e. The first-order valence-corrected chi connectivity index (χ1v) is 11.1. The van der Waals surface area contributed by atoms with Crippen molar-refractivity contribution in [1.29, 1.82) is 0 Å². The number of aryl methyl sites for hydroxylation is 4. The zero-order chi connectivity index (χ0) is 22.0. The van der Waals surface area contributed by atoms with Gasteiger partial charge in [0, 0.05) is 47.9 Å². The van der Waals surface area contributed by atoms with Gasteiger partial charge >= 0.3 is 0 Å². The SMILES string of the molecule is Cc1cc(C)nc(Nc2cc(C3CCN(C(=O)C=Cc4csc(C)n4)C3)nc(C)n2)n1. The Morgan fingerprint density at radius 3 is 2.58 bits per heavy atom. The lowest BCUT2D eigenvalue weighted by Gasteiger charge is -2.15. The van der Waals surface area contributed by atoms with Gasteiger partial charge in [0.2, 0.25) is 11.9 Å². The highest BCUT2D eigenvalue weighted by Gasteiger charge is 2.28. The number of rotatable bonds is 5. The van der Waals surface area contributed by atoms with Crippen molar-refractivity contribution in [3.8, 4) is 0 Å². The first kappa shape index (κ1) is 21.0. The molecule has 1 aliphatic rings. The van der Waals surface area contributed by atoms with Crippen LogP contribution in [0.5, 0.6) is 0 Å². The van der Waals surface area contributed by atoms with E-state index in [1.54, 1.807) is 23.5 Å². The molecule has 4 heterocycles. The Kier molecular flexibility index (Phi) is 6.03. The summed E-state index contributed by atoms with van der Waals surface area (Å²) >= 11 is 1.57. The smallest absolute Gasteiger partial charge is 0.246 e. The summed E-state index contributed by atoms with van der Waals surface area (Å²) in [5, 5.41) is 6.13. The van der Waals surface area contributed by atoms with E-state index in [2.05, 4.69) is 30.2 Å². The molecule has 0 saturated carbocycles. The molecule has 0 spiro atoms. The summed E-state index contributed by atoms with van der Waals surface area (Å²) in [5.41, 5.74) is 3.54. The molecule has 1 fully saturated rings. The van der Waals surface area contributed by atoms with E-state index in [1.807, 2.05) is 50.1 Å². The highest BCUT2D eigenvalue weighted by Crippen LogP contribution is 2.28. The average molecular weight is 436 g/mol. The van der Waals surface area contributed by atoms with Gasteiger partial charge in [0.1, 0.15) is 11.6 Å². The number of aromatic nitrogens is 5. The van der Waals surface area contributed by atoms with Gasteiger partial charge < -0.3 is 10.2 Å². The minimum atomic E-state index is 0.000848. The number of thiazole rings is 1. The van der Waals surface area contributed by atoms with E-state index < -0.39 is 0 Å². The molecule has 31 heavy (non-hydrogen) atoms. The van der Waals surface area contributed by atoms with Crippen LogP contribution in [0, 0.1) is 27.7 Å². The Bertz CT molecular complexity index is 1120. The summed E-state index contributed by atoms with van der Waals surface area (Å²) in [5.74, 6) is 2.03. The maximum atomic E-state index is 12.6. The van der Waals surface area contributed by atoms with Crippen molar-refractivity contribution in [2.24, 2.45) is 0 Å². The molecule has 1 N–H and O–H groups in total. The topological polar surface area (TPSA) is 96.8 Å². The highest BCUT2D eigenvalue weighted by atomic mass is 32.1. The fourth-order valence-corrected chi connectivity index (χ4v) is 4.26. The van der Waals surface area contributed by atoms with Crippen molar-refractivity contribution in [2.45, 2.75) is 40.0 Å². The zero-order valence-corrected chi connectivity index (χ0v) is 18.9. The van der Waals surface area contributed by atoms with Crippen LogP contribution in [-0.2, 0) is 4.79 Å². The predicted octanol–water partition coefficient (Wildman–Crippen LogP) is 3.73. The standard InChI is InChI=1S/C22H25N7OS/c1-13-9-14(2)24-22(23-13)28-20-10-19(25-15(3)26-20)17-7-8-29(11-17)21(30)6-5-18-12-31-16(4)27-18/h5-6,9-10,12,17H,7-8,11H2,1-4H3,(H,23,24,25,26,28). The van der Waals surface area contributed by atoms with Crippen LogP contribution in [0.3, 0.4) is 0 Å². The molecular formula is C22H25N7OS. The molecule has 1 atom stereocenters. The van der Waals surface area contributed by atoms with E-state index in [1.165, 1.54) is 0 Å². The number of nitrogens with zero attached hydrogens (tertiary/aromatic N) is 6. The van der Waals surface area contributed by atoms with Crippen LogP contribution in [-0.4, -0.2) is 48.8 Å². The molecule has 1 amide bonds. The number of amides is 1. The Balaban J connectivity index is 1.45. The lowest BCUT2D eigenvalue weighted by Crippen LogP contribution is -2.26. The molecule has 8 nitrogen and oxygen atoms in total. The average Bonchev–Trinajstić information content (AvgIpc) is 3.34. The Morgan fingerprint density at radius 2 is 1.87 bits per heavy atom. The monoisotopic (exact) mass is 435 g/mol. The van der Waals surface area contributed by atoms with Gasteiger partial charge in [0.15, 0.2) is 0 Å². The number of hydrogen-bond acceptors (Lipinski definition) is 8. The van der Waals surface area contributed by atoms with Gasteiger partial charge in [-0.1, -0.05) is 0 Å². The van der Waals surface area contributed by atoms with Crippen LogP contribution in [0.15, 0.2) is 23.6 Å². The molecule has 0 radical (unpaired) electrons. The van der Waals surface area contributed by atoms with E-state index in [4.69, 9.17) is 0 Å². The van der Waals surface area contributed by atoms with Gasteiger partial charge in [-0.05, 0) is 46.3 Å². The molecule has 0 aromatic carbocycles. The second-order valence-corrected chi connectivity index (χ2v) is 8.78. The van der Waals surface area contributed by atoms with E-state index in [9.17, 15) is 4.79 Å². The molecule has 1 unspecified atom stereocenters. The van der Waals surface area contributed by atoms with Gasteiger partial charge in [0.05, 0.1) is 16.4 Å². The molecule has 4 rings (SSSR count). The third-order valence-corrected chi connectivity index (χ3v) is 5.82. The first-order chi connectivity index (χ1) is 14.9. The summed E-state index contributed by atoms with van der Waals surface area (Å²) in [4.78, 5) is 36.8. The molecule has 0 bridgehead atoms. The third kappa shape index (κ3) is 5.29. The third-order valence-electron chi connectivity index (χ3n) is 5.03. The van der Waals surface area contributed by atoms with Gasteiger partial charge in [-0.2, -0.15) is 0 Å². The Labute approximate surface area is 185 Å². The summed E-state index contributed by atoms with van der Waals surface area (Å²) < 4.78 is 0. The van der Waals surface area contributed by atoms with Gasteiger partial charge in [-0.25, -0.2) is 24.9 Å². The summed E-state index contributed by atoms with van der Waals surface area (Å²) in [6.45, 7) is 9.03. The minimum Gasteiger partial charge on any atom is -0.338 e. The Morgan fingerprint density at radius 1 is 1.10 bits per heavy atom. The molecule has 3 aromatic rings. The minimum absolute atomic E-state index is 0.000848. The van der Waals surface area contributed by atoms with Crippen LogP contribution in [0.1, 0.15) is 45.9 Å². The van der Waals surface area contributed by atoms with Crippen molar-refractivity contribution < 1.29 is 4.79 Å². The van der Waals surface area contributed by atoms with E-state index in [0.29, 0.717) is 30.7 Å². The normalized spacial score (nSPS) is 16.3.